The summed E-state index contributed by atoms with van der Waals surface area (Å²) in [6.07, 6.45) is 0.698. The van der Waals surface area contributed by atoms with Crippen molar-refractivity contribution in [3.05, 3.63) is 52.5 Å². The second kappa shape index (κ2) is 10.3. The van der Waals surface area contributed by atoms with E-state index < -0.39 is 0 Å². The Morgan fingerprint density at radius 2 is 1.63 bits per heavy atom. The summed E-state index contributed by atoms with van der Waals surface area (Å²) in [6.45, 7) is 3.53. The van der Waals surface area contributed by atoms with Crippen LogP contribution in [0.4, 0.5) is 0 Å². The Hall–Kier alpha value is -2.77. The number of amides is 1. The van der Waals surface area contributed by atoms with Gasteiger partial charge in [0.25, 0.3) is 5.91 Å². The van der Waals surface area contributed by atoms with Gasteiger partial charge in [-0.15, -0.1) is 0 Å². The summed E-state index contributed by atoms with van der Waals surface area (Å²) in [6, 6.07) is 10.9. The monoisotopic (exact) mass is 432 g/mol. The molecule has 0 bridgehead atoms. The molecule has 0 saturated carbocycles. The number of aldehydes is 1. The van der Waals surface area contributed by atoms with E-state index in [0.29, 0.717) is 42.2 Å². The minimum Gasteiger partial charge on any atom is -0.493 e. The van der Waals surface area contributed by atoms with E-state index in [4.69, 9.17) is 25.8 Å². The van der Waals surface area contributed by atoms with Crippen LogP contribution in [0.5, 0.6) is 17.2 Å². The molecule has 0 radical (unpaired) electrons. The van der Waals surface area contributed by atoms with Gasteiger partial charge in [0.2, 0.25) is 5.75 Å². The molecule has 8 heteroatoms. The van der Waals surface area contributed by atoms with Crippen LogP contribution in [0.1, 0.15) is 15.9 Å². The van der Waals surface area contributed by atoms with Crippen LogP contribution in [0, 0.1) is 0 Å². The Morgan fingerprint density at radius 1 is 1.03 bits per heavy atom. The minimum atomic E-state index is -0.135. The van der Waals surface area contributed by atoms with Crippen LogP contribution in [-0.4, -0.2) is 69.0 Å². The molecule has 3 rings (SSSR count). The maximum atomic E-state index is 12.6. The second-order valence-corrected chi connectivity index (χ2v) is 7.38. The summed E-state index contributed by atoms with van der Waals surface area (Å²) >= 11 is 5.93. The van der Waals surface area contributed by atoms with Crippen molar-refractivity contribution >= 4 is 23.8 Å². The molecule has 30 heavy (non-hydrogen) atoms. The van der Waals surface area contributed by atoms with E-state index in [-0.39, 0.29) is 12.5 Å². The minimum absolute atomic E-state index is 0.107. The van der Waals surface area contributed by atoms with E-state index >= 15 is 0 Å². The maximum Gasteiger partial charge on any atom is 0.260 e. The average Bonchev–Trinajstić information content (AvgIpc) is 2.78. The third kappa shape index (κ3) is 5.43. The Kier molecular flexibility index (Phi) is 7.54. The van der Waals surface area contributed by atoms with Crippen molar-refractivity contribution in [2.24, 2.45) is 0 Å². The molecular formula is C22H25ClN2O5. The van der Waals surface area contributed by atoms with Crippen molar-refractivity contribution in [3.63, 3.8) is 0 Å². The van der Waals surface area contributed by atoms with Gasteiger partial charge in [-0.05, 0) is 29.8 Å². The van der Waals surface area contributed by atoms with Gasteiger partial charge in [0, 0.05) is 43.3 Å². The molecule has 1 saturated heterocycles. The summed E-state index contributed by atoms with van der Waals surface area (Å²) < 4.78 is 16.3. The zero-order valence-corrected chi connectivity index (χ0v) is 17.9. The first-order chi connectivity index (χ1) is 14.5. The number of benzene rings is 2. The summed E-state index contributed by atoms with van der Waals surface area (Å²) in [5, 5.41) is 0.725. The molecule has 7 nitrogen and oxygen atoms in total. The summed E-state index contributed by atoms with van der Waals surface area (Å²) in [5.41, 5.74) is 1.60. The highest BCUT2D eigenvalue weighted by atomic mass is 35.5. The fourth-order valence-corrected chi connectivity index (χ4v) is 3.47. The van der Waals surface area contributed by atoms with Gasteiger partial charge >= 0.3 is 0 Å². The summed E-state index contributed by atoms with van der Waals surface area (Å²) in [7, 11) is 2.94. The topological polar surface area (TPSA) is 68.3 Å². The van der Waals surface area contributed by atoms with Gasteiger partial charge in [-0.1, -0.05) is 23.7 Å². The van der Waals surface area contributed by atoms with Gasteiger partial charge < -0.3 is 19.1 Å². The number of nitrogens with zero attached hydrogens (tertiary/aromatic N) is 2. The number of halogens is 1. The lowest BCUT2D eigenvalue weighted by atomic mass is 10.2. The number of hydrogen-bond donors (Lipinski definition) is 0. The van der Waals surface area contributed by atoms with Crippen molar-refractivity contribution in [2.75, 3.05) is 47.0 Å². The summed E-state index contributed by atoms with van der Waals surface area (Å²) in [4.78, 5) is 27.8. The molecule has 0 unspecified atom stereocenters. The molecule has 0 N–H and O–H groups in total. The molecule has 0 spiro atoms. The zero-order chi connectivity index (χ0) is 21.5. The number of carbonyl (C=O) groups excluding carboxylic acids is 2. The van der Waals surface area contributed by atoms with Crippen molar-refractivity contribution in [2.45, 2.75) is 6.54 Å². The largest absolute Gasteiger partial charge is 0.493 e. The molecular weight excluding hydrogens is 408 g/mol. The van der Waals surface area contributed by atoms with E-state index in [1.165, 1.54) is 19.8 Å². The molecule has 1 aliphatic rings. The third-order valence-corrected chi connectivity index (χ3v) is 5.26. The van der Waals surface area contributed by atoms with E-state index in [9.17, 15) is 9.59 Å². The highest BCUT2D eigenvalue weighted by molar-refractivity contribution is 6.30. The molecule has 1 fully saturated rings. The first-order valence-corrected chi connectivity index (χ1v) is 10.0. The van der Waals surface area contributed by atoms with Gasteiger partial charge in [-0.2, -0.15) is 0 Å². The Morgan fingerprint density at radius 3 is 2.17 bits per heavy atom. The summed E-state index contributed by atoms with van der Waals surface area (Å²) in [5.74, 6) is 0.888. The van der Waals surface area contributed by atoms with Crippen LogP contribution in [-0.2, 0) is 11.3 Å². The molecule has 1 aliphatic heterocycles. The van der Waals surface area contributed by atoms with Crippen molar-refractivity contribution in [3.8, 4) is 17.2 Å². The lowest BCUT2D eigenvalue weighted by Gasteiger charge is -2.34. The molecule has 2 aromatic carbocycles. The molecule has 160 valence electrons. The Balaban J connectivity index is 1.54. The van der Waals surface area contributed by atoms with Crippen LogP contribution in [0.25, 0.3) is 0 Å². The number of methoxy groups -OCH3 is 2. The van der Waals surface area contributed by atoms with Gasteiger partial charge in [0.1, 0.15) is 6.29 Å². The van der Waals surface area contributed by atoms with Crippen LogP contribution in [0.15, 0.2) is 36.4 Å². The normalized spacial score (nSPS) is 14.3. The molecule has 0 aliphatic carbocycles. The first kappa shape index (κ1) is 21.9. The standard InChI is InChI=1S/C22H25ClN2O5/c1-28-19-11-17(14-26)12-20(29-2)22(19)30-15-21(27)25-9-7-24(8-10-25)13-16-3-5-18(23)6-4-16/h3-6,11-12,14H,7-10,13,15H2,1-2H3. The van der Waals surface area contributed by atoms with Gasteiger partial charge in [0.15, 0.2) is 18.1 Å². The first-order valence-electron chi connectivity index (χ1n) is 9.62. The molecule has 0 atom stereocenters. The highest BCUT2D eigenvalue weighted by Crippen LogP contribution is 2.38. The fourth-order valence-electron chi connectivity index (χ4n) is 3.34. The average molecular weight is 433 g/mol. The number of rotatable bonds is 8. The molecule has 0 aromatic heterocycles. The SMILES string of the molecule is COc1cc(C=O)cc(OC)c1OCC(=O)N1CCN(Cc2ccc(Cl)cc2)CC1. The Bertz CT molecular complexity index is 855. The zero-order valence-electron chi connectivity index (χ0n) is 17.1. The van der Waals surface area contributed by atoms with Crippen molar-refractivity contribution < 1.29 is 23.8 Å². The lowest BCUT2D eigenvalue weighted by Crippen LogP contribution is -2.49. The quantitative estimate of drug-likeness (QED) is 0.597. The van der Waals surface area contributed by atoms with Crippen molar-refractivity contribution in [1.82, 2.24) is 9.80 Å². The van der Waals surface area contributed by atoms with Crippen LogP contribution >= 0.6 is 11.6 Å². The lowest BCUT2D eigenvalue weighted by molar-refractivity contribution is -0.135. The highest BCUT2D eigenvalue weighted by Gasteiger charge is 2.23. The van der Waals surface area contributed by atoms with E-state index in [1.807, 2.05) is 24.3 Å². The predicted octanol–water partition coefficient (Wildman–Crippen LogP) is 2.89. The predicted molar refractivity (Wildman–Crippen MR) is 114 cm³/mol. The van der Waals surface area contributed by atoms with Crippen LogP contribution in [0.3, 0.4) is 0 Å². The van der Waals surface area contributed by atoms with E-state index in [2.05, 4.69) is 4.90 Å². The number of carbonyl (C=O) groups is 2. The number of piperazine rings is 1. The van der Waals surface area contributed by atoms with Gasteiger partial charge in [-0.25, -0.2) is 0 Å². The molecule has 2 aromatic rings. The fraction of sp³-hybridized carbons (Fsp3) is 0.364. The maximum absolute atomic E-state index is 12.6. The second-order valence-electron chi connectivity index (χ2n) is 6.94. The number of hydrogen-bond acceptors (Lipinski definition) is 6. The smallest absolute Gasteiger partial charge is 0.260 e. The van der Waals surface area contributed by atoms with E-state index in [0.717, 1.165) is 24.7 Å². The van der Waals surface area contributed by atoms with E-state index in [1.54, 1.807) is 17.0 Å². The van der Waals surface area contributed by atoms with Gasteiger partial charge in [0.05, 0.1) is 14.2 Å². The molecule has 1 heterocycles. The van der Waals surface area contributed by atoms with Crippen LogP contribution in [0.2, 0.25) is 5.02 Å². The van der Waals surface area contributed by atoms with Gasteiger partial charge in [-0.3, -0.25) is 14.5 Å². The number of ether oxygens (including phenoxy) is 3. The Labute approximate surface area is 181 Å². The third-order valence-electron chi connectivity index (χ3n) is 5.00. The van der Waals surface area contributed by atoms with Crippen LogP contribution < -0.4 is 14.2 Å². The van der Waals surface area contributed by atoms with Crippen molar-refractivity contribution in [1.29, 1.82) is 0 Å². The molecule has 1 amide bonds.